The minimum Gasteiger partial charge on any atom is -0.347 e. The van der Waals surface area contributed by atoms with Crippen molar-refractivity contribution in [3.8, 4) is 0 Å². The summed E-state index contributed by atoms with van der Waals surface area (Å²) in [7, 11) is 0. The number of aromatic nitrogens is 1. The molecule has 80 valence electrons. The number of hydrogen-bond donors (Lipinski definition) is 0. The summed E-state index contributed by atoms with van der Waals surface area (Å²) in [6, 6.07) is 10.7. The molecule has 0 aliphatic heterocycles. The van der Waals surface area contributed by atoms with Crippen LogP contribution in [-0.2, 0) is 6.54 Å². The van der Waals surface area contributed by atoms with E-state index in [1.54, 1.807) is 0 Å². The SMILES string of the molecule is ClCCCCCn1ccc2ccccc21. The fourth-order valence-electron chi connectivity index (χ4n) is 1.89. The lowest BCUT2D eigenvalue weighted by molar-refractivity contribution is 0.618. The highest BCUT2D eigenvalue weighted by Crippen LogP contribution is 2.15. The van der Waals surface area contributed by atoms with Crippen molar-refractivity contribution in [1.29, 1.82) is 0 Å². The molecule has 0 fully saturated rings. The molecule has 2 aromatic rings. The molecule has 0 radical (unpaired) electrons. The number of unbranched alkanes of at least 4 members (excludes halogenated alkanes) is 2. The molecule has 1 heterocycles. The molecule has 15 heavy (non-hydrogen) atoms. The Balaban J connectivity index is 2.02. The molecule has 2 heteroatoms. The van der Waals surface area contributed by atoms with Gasteiger partial charge in [-0.05, 0) is 30.4 Å². The van der Waals surface area contributed by atoms with Crippen LogP contribution in [0.5, 0.6) is 0 Å². The van der Waals surface area contributed by atoms with Crippen LogP contribution in [0.3, 0.4) is 0 Å². The second-order valence-electron chi connectivity index (χ2n) is 3.82. The molecule has 0 bridgehead atoms. The Morgan fingerprint density at radius 2 is 1.87 bits per heavy atom. The van der Waals surface area contributed by atoms with Gasteiger partial charge in [0.15, 0.2) is 0 Å². The molecule has 2 rings (SSSR count). The summed E-state index contributed by atoms with van der Waals surface area (Å²) in [5, 5.41) is 1.33. The minimum atomic E-state index is 0.784. The zero-order valence-corrected chi connectivity index (χ0v) is 9.58. The van der Waals surface area contributed by atoms with Crippen LogP contribution in [0.15, 0.2) is 36.5 Å². The van der Waals surface area contributed by atoms with Crippen molar-refractivity contribution in [3.05, 3.63) is 36.5 Å². The van der Waals surface area contributed by atoms with E-state index in [4.69, 9.17) is 11.6 Å². The highest BCUT2D eigenvalue weighted by Gasteiger charge is 1.98. The third-order valence-corrected chi connectivity index (χ3v) is 2.98. The van der Waals surface area contributed by atoms with Crippen molar-refractivity contribution in [2.45, 2.75) is 25.8 Å². The van der Waals surface area contributed by atoms with Gasteiger partial charge in [0.2, 0.25) is 0 Å². The van der Waals surface area contributed by atoms with Crippen molar-refractivity contribution in [2.75, 3.05) is 5.88 Å². The topological polar surface area (TPSA) is 4.93 Å². The Kier molecular flexibility index (Phi) is 3.68. The van der Waals surface area contributed by atoms with Crippen LogP contribution in [0.2, 0.25) is 0 Å². The number of halogens is 1. The van der Waals surface area contributed by atoms with E-state index in [1.807, 2.05) is 0 Å². The average Bonchev–Trinajstić information content (AvgIpc) is 2.68. The summed E-state index contributed by atoms with van der Waals surface area (Å²) in [6.07, 6.45) is 5.73. The monoisotopic (exact) mass is 221 g/mol. The van der Waals surface area contributed by atoms with Gasteiger partial charge in [0.05, 0.1) is 0 Å². The molecular formula is C13H16ClN. The van der Waals surface area contributed by atoms with Crippen LogP contribution < -0.4 is 0 Å². The van der Waals surface area contributed by atoms with E-state index in [2.05, 4.69) is 41.1 Å². The molecule has 0 unspecified atom stereocenters. The van der Waals surface area contributed by atoms with Gasteiger partial charge in [-0.3, -0.25) is 0 Å². The van der Waals surface area contributed by atoms with Gasteiger partial charge in [0, 0.05) is 24.1 Å². The molecule has 0 spiro atoms. The lowest BCUT2D eigenvalue weighted by Crippen LogP contribution is -1.95. The number of aryl methyl sites for hydroxylation is 1. The third kappa shape index (κ3) is 2.54. The number of rotatable bonds is 5. The quantitative estimate of drug-likeness (QED) is 0.530. The maximum absolute atomic E-state index is 5.65. The van der Waals surface area contributed by atoms with Gasteiger partial charge in [-0.1, -0.05) is 24.6 Å². The highest BCUT2D eigenvalue weighted by molar-refractivity contribution is 6.17. The van der Waals surface area contributed by atoms with E-state index < -0.39 is 0 Å². The van der Waals surface area contributed by atoms with Gasteiger partial charge >= 0.3 is 0 Å². The summed E-state index contributed by atoms with van der Waals surface area (Å²) < 4.78 is 2.32. The van der Waals surface area contributed by atoms with Crippen LogP contribution in [0, 0.1) is 0 Å². The van der Waals surface area contributed by atoms with E-state index in [0.717, 1.165) is 18.8 Å². The molecule has 0 saturated heterocycles. The van der Waals surface area contributed by atoms with Crippen LogP contribution in [0.1, 0.15) is 19.3 Å². The Morgan fingerprint density at radius 3 is 2.73 bits per heavy atom. The predicted octanol–water partition coefficient (Wildman–Crippen LogP) is 4.05. The lowest BCUT2D eigenvalue weighted by atomic mass is 10.2. The van der Waals surface area contributed by atoms with E-state index in [1.165, 1.54) is 23.7 Å². The number of hydrogen-bond acceptors (Lipinski definition) is 0. The zero-order valence-electron chi connectivity index (χ0n) is 8.82. The Hall–Kier alpha value is -0.950. The summed E-state index contributed by atoms with van der Waals surface area (Å²) in [4.78, 5) is 0. The second-order valence-corrected chi connectivity index (χ2v) is 4.20. The molecule has 1 aromatic heterocycles. The summed E-state index contributed by atoms with van der Waals surface area (Å²) in [5.74, 6) is 0.784. The molecule has 0 aliphatic rings. The number of fused-ring (bicyclic) bond motifs is 1. The third-order valence-electron chi connectivity index (χ3n) is 2.71. The number of benzene rings is 1. The fraction of sp³-hybridized carbons (Fsp3) is 0.385. The zero-order chi connectivity index (χ0) is 10.5. The summed E-state index contributed by atoms with van der Waals surface area (Å²) >= 11 is 5.65. The number of para-hydroxylation sites is 1. The van der Waals surface area contributed by atoms with E-state index in [9.17, 15) is 0 Å². The Labute approximate surface area is 95.7 Å². The predicted molar refractivity (Wildman–Crippen MR) is 66.5 cm³/mol. The molecular weight excluding hydrogens is 206 g/mol. The van der Waals surface area contributed by atoms with Crippen molar-refractivity contribution < 1.29 is 0 Å². The van der Waals surface area contributed by atoms with Gasteiger partial charge in [-0.2, -0.15) is 0 Å². The normalized spacial score (nSPS) is 11.0. The summed E-state index contributed by atoms with van der Waals surface area (Å²) in [6.45, 7) is 1.10. The van der Waals surface area contributed by atoms with Gasteiger partial charge < -0.3 is 4.57 Å². The van der Waals surface area contributed by atoms with Crippen molar-refractivity contribution in [1.82, 2.24) is 4.57 Å². The second kappa shape index (κ2) is 5.22. The van der Waals surface area contributed by atoms with Crippen molar-refractivity contribution >= 4 is 22.5 Å². The maximum Gasteiger partial charge on any atom is 0.0480 e. The highest BCUT2D eigenvalue weighted by atomic mass is 35.5. The van der Waals surface area contributed by atoms with Crippen LogP contribution >= 0.6 is 11.6 Å². The first kappa shape index (κ1) is 10.6. The first-order valence-electron chi connectivity index (χ1n) is 5.51. The lowest BCUT2D eigenvalue weighted by Gasteiger charge is -2.04. The van der Waals surface area contributed by atoms with E-state index in [-0.39, 0.29) is 0 Å². The van der Waals surface area contributed by atoms with Crippen molar-refractivity contribution in [3.63, 3.8) is 0 Å². The minimum absolute atomic E-state index is 0.784. The molecule has 1 aromatic carbocycles. The molecule has 0 amide bonds. The van der Waals surface area contributed by atoms with Crippen LogP contribution in [-0.4, -0.2) is 10.4 Å². The molecule has 1 nitrogen and oxygen atoms in total. The van der Waals surface area contributed by atoms with Gasteiger partial charge in [-0.25, -0.2) is 0 Å². The standard InChI is InChI=1S/C13H16ClN/c14-9-4-1-5-10-15-11-8-12-6-2-3-7-13(12)15/h2-3,6-8,11H,1,4-5,9-10H2. The first-order chi connectivity index (χ1) is 7.42. The number of alkyl halides is 1. The summed E-state index contributed by atoms with van der Waals surface area (Å²) in [5.41, 5.74) is 1.34. The molecule has 0 N–H and O–H groups in total. The Morgan fingerprint density at radius 1 is 1.00 bits per heavy atom. The first-order valence-corrected chi connectivity index (χ1v) is 6.05. The van der Waals surface area contributed by atoms with E-state index >= 15 is 0 Å². The van der Waals surface area contributed by atoms with Gasteiger partial charge in [0.25, 0.3) is 0 Å². The number of nitrogens with zero attached hydrogens (tertiary/aromatic N) is 1. The molecule has 0 saturated carbocycles. The Bertz CT molecular complexity index is 419. The smallest absolute Gasteiger partial charge is 0.0480 e. The fourth-order valence-corrected chi connectivity index (χ4v) is 2.08. The van der Waals surface area contributed by atoms with Crippen LogP contribution in [0.25, 0.3) is 10.9 Å². The largest absolute Gasteiger partial charge is 0.347 e. The average molecular weight is 222 g/mol. The van der Waals surface area contributed by atoms with E-state index in [0.29, 0.717) is 0 Å². The van der Waals surface area contributed by atoms with Crippen molar-refractivity contribution in [2.24, 2.45) is 0 Å². The molecule has 0 atom stereocenters. The molecule has 0 aliphatic carbocycles. The van der Waals surface area contributed by atoms with Gasteiger partial charge in [0.1, 0.15) is 0 Å². The van der Waals surface area contributed by atoms with Crippen LogP contribution in [0.4, 0.5) is 0 Å². The van der Waals surface area contributed by atoms with Gasteiger partial charge in [-0.15, -0.1) is 11.6 Å². The maximum atomic E-state index is 5.65.